The van der Waals surface area contributed by atoms with E-state index in [-0.39, 0.29) is 18.8 Å². The summed E-state index contributed by atoms with van der Waals surface area (Å²) >= 11 is 0. The van der Waals surface area contributed by atoms with Crippen molar-refractivity contribution >= 4 is 23.7 Å². The fourth-order valence-electron chi connectivity index (χ4n) is 2.81. The van der Waals surface area contributed by atoms with E-state index in [2.05, 4.69) is 10.3 Å². The Balaban J connectivity index is 3.25. The number of rotatable bonds is 6. The number of aliphatic hydroxyl groups is 1. The van der Waals surface area contributed by atoms with Gasteiger partial charge in [0.2, 0.25) is 5.91 Å². The van der Waals surface area contributed by atoms with Gasteiger partial charge in [0.15, 0.2) is 11.6 Å². The van der Waals surface area contributed by atoms with Gasteiger partial charge in [-0.1, -0.05) is 0 Å². The number of nitrogens with one attached hydrogen (secondary N) is 1. The predicted octanol–water partition coefficient (Wildman–Crippen LogP) is -2.62. The molecule has 0 aliphatic heterocycles. The highest BCUT2D eigenvalue weighted by atomic mass is 16.7. The topological polar surface area (TPSA) is 181 Å². The molecule has 1 fully saturated rings. The van der Waals surface area contributed by atoms with E-state index in [4.69, 9.17) is 16.3 Å². The van der Waals surface area contributed by atoms with Gasteiger partial charge in [-0.2, -0.15) is 0 Å². The molecule has 7 N–H and O–H groups in total. The van der Waals surface area contributed by atoms with Crippen LogP contribution in [0.3, 0.4) is 0 Å². The van der Waals surface area contributed by atoms with Crippen molar-refractivity contribution < 1.29 is 29.4 Å². The number of likely N-dealkylation sites (N-methyl/N-ethyl adjacent to an activating group) is 1. The van der Waals surface area contributed by atoms with Gasteiger partial charge >= 0.3 is 5.97 Å². The van der Waals surface area contributed by atoms with Crippen LogP contribution in [0.2, 0.25) is 0 Å². The van der Waals surface area contributed by atoms with Crippen LogP contribution < -0.4 is 16.8 Å². The van der Waals surface area contributed by atoms with Crippen LogP contribution in [0.1, 0.15) is 19.8 Å². The zero-order valence-corrected chi connectivity index (χ0v) is 13.7. The number of aliphatic imine (C=N–C) groups is 1. The Morgan fingerprint density at radius 3 is 2.38 bits per heavy atom. The van der Waals surface area contributed by atoms with Crippen molar-refractivity contribution in [2.45, 2.75) is 37.5 Å². The highest BCUT2D eigenvalue weighted by molar-refractivity contribution is 5.87. The Labute approximate surface area is 138 Å². The molecule has 136 valence electrons. The molecule has 1 saturated carbocycles. The largest absolute Gasteiger partial charge is 0.479 e. The molecule has 0 heterocycles. The molecule has 0 radical (unpaired) electrons. The fraction of sp³-hybridized carbons (Fsp3) is 0.692. The molecule has 1 aliphatic carbocycles. The van der Waals surface area contributed by atoms with Crippen LogP contribution in [0.15, 0.2) is 4.99 Å². The van der Waals surface area contributed by atoms with Crippen molar-refractivity contribution in [3.8, 4) is 0 Å². The maximum Gasteiger partial charge on any atom is 0.335 e. The molecule has 24 heavy (non-hydrogen) atoms. The Kier molecular flexibility index (Phi) is 6.10. The minimum atomic E-state index is -2.10. The van der Waals surface area contributed by atoms with Gasteiger partial charge in [-0.05, 0) is 6.42 Å². The van der Waals surface area contributed by atoms with Gasteiger partial charge in [0.25, 0.3) is 5.91 Å². The van der Waals surface area contributed by atoms with E-state index in [1.165, 1.54) is 21.1 Å². The van der Waals surface area contributed by atoms with Gasteiger partial charge in [-0.15, -0.1) is 0 Å². The maximum atomic E-state index is 12.5. The van der Waals surface area contributed by atoms with Crippen LogP contribution in [0.25, 0.3) is 0 Å². The second kappa shape index (κ2) is 7.45. The standard InChI is InChI=1S/C13H23N5O6/c1-6(19)16-9(10(20)18(2)24-3)7-4-13(23,11(21)22)5-8(7)17-12(14)15/h7-9,23H,4-5H2,1-3H3,(H,16,19)(H,21,22)(H4,14,15,17)/t7-,8-,9?,13+/m0/s1. The number of guanidine groups is 1. The maximum absolute atomic E-state index is 12.5. The molecule has 1 unspecified atom stereocenters. The molecule has 11 nitrogen and oxygen atoms in total. The Morgan fingerprint density at radius 2 is 1.96 bits per heavy atom. The summed E-state index contributed by atoms with van der Waals surface area (Å²) in [5.41, 5.74) is 8.61. The number of carbonyl (C=O) groups excluding carboxylic acids is 2. The van der Waals surface area contributed by atoms with Gasteiger partial charge in [0.1, 0.15) is 6.04 Å². The van der Waals surface area contributed by atoms with Crippen molar-refractivity contribution in [3.63, 3.8) is 0 Å². The lowest BCUT2D eigenvalue weighted by Gasteiger charge is -2.29. The molecule has 4 atom stereocenters. The monoisotopic (exact) mass is 345 g/mol. The lowest BCUT2D eigenvalue weighted by molar-refractivity contribution is -0.173. The van der Waals surface area contributed by atoms with Gasteiger partial charge in [0.05, 0.1) is 13.2 Å². The Morgan fingerprint density at radius 1 is 1.38 bits per heavy atom. The number of carbonyl (C=O) groups is 3. The highest BCUT2D eigenvalue weighted by Gasteiger charge is 2.53. The van der Waals surface area contributed by atoms with E-state index in [0.29, 0.717) is 0 Å². The third-order valence-electron chi connectivity index (χ3n) is 3.96. The Hall–Kier alpha value is -2.40. The number of hydrogen-bond acceptors (Lipinski definition) is 6. The number of hydroxylamine groups is 2. The first-order valence-electron chi connectivity index (χ1n) is 7.15. The van der Waals surface area contributed by atoms with Crippen molar-refractivity contribution in [2.75, 3.05) is 14.2 Å². The molecule has 0 saturated heterocycles. The number of aliphatic carboxylic acids is 1. The number of carboxylic acids is 1. The zero-order chi connectivity index (χ0) is 18.7. The van der Waals surface area contributed by atoms with Crippen LogP contribution in [0, 0.1) is 5.92 Å². The van der Waals surface area contributed by atoms with E-state index < -0.39 is 41.4 Å². The summed E-state index contributed by atoms with van der Waals surface area (Å²) < 4.78 is 0. The van der Waals surface area contributed by atoms with Gasteiger partial charge in [-0.3, -0.25) is 14.4 Å². The molecule has 0 aromatic heterocycles. The molecular weight excluding hydrogens is 322 g/mol. The smallest absolute Gasteiger partial charge is 0.335 e. The third-order valence-corrected chi connectivity index (χ3v) is 3.96. The summed E-state index contributed by atoms with van der Waals surface area (Å²) in [4.78, 5) is 44.0. The molecule has 1 rings (SSSR count). The Bertz CT molecular complexity index is 549. The van der Waals surface area contributed by atoms with E-state index in [9.17, 15) is 24.6 Å². The second-order valence-corrected chi connectivity index (χ2v) is 5.73. The van der Waals surface area contributed by atoms with Crippen LogP contribution in [-0.2, 0) is 19.2 Å². The summed E-state index contributed by atoms with van der Waals surface area (Å²) in [6, 6.07) is -2.02. The van der Waals surface area contributed by atoms with E-state index in [1.807, 2.05) is 0 Å². The predicted molar refractivity (Wildman–Crippen MR) is 82.3 cm³/mol. The van der Waals surface area contributed by atoms with Gasteiger partial charge in [0, 0.05) is 26.3 Å². The zero-order valence-electron chi connectivity index (χ0n) is 13.7. The first-order valence-corrected chi connectivity index (χ1v) is 7.15. The molecule has 2 amide bonds. The summed E-state index contributed by atoms with van der Waals surface area (Å²) in [5.74, 6) is -3.72. The molecule has 0 bridgehead atoms. The average Bonchev–Trinajstić information content (AvgIpc) is 2.80. The van der Waals surface area contributed by atoms with Crippen LogP contribution in [0.5, 0.6) is 0 Å². The first-order chi connectivity index (χ1) is 11.0. The van der Waals surface area contributed by atoms with E-state index in [0.717, 1.165) is 5.06 Å². The molecule has 0 spiro atoms. The summed E-state index contributed by atoms with van der Waals surface area (Å²) in [7, 11) is 2.60. The summed E-state index contributed by atoms with van der Waals surface area (Å²) in [6.07, 6.45) is -0.594. The highest BCUT2D eigenvalue weighted by Crippen LogP contribution is 2.39. The van der Waals surface area contributed by atoms with E-state index in [1.54, 1.807) is 0 Å². The van der Waals surface area contributed by atoms with Crippen molar-refractivity contribution in [1.29, 1.82) is 0 Å². The fourth-order valence-corrected chi connectivity index (χ4v) is 2.81. The third kappa shape index (κ3) is 4.32. The number of hydrogen-bond donors (Lipinski definition) is 5. The summed E-state index contributed by atoms with van der Waals surface area (Å²) in [6.45, 7) is 1.21. The van der Waals surface area contributed by atoms with Crippen LogP contribution >= 0.6 is 0 Å². The second-order valence-electron chi connectivity index (χ2n) is 5.73. The van der Waals surface area contributed by atoms with Crippen molar-refractivity contribution in [1.82, 2.24) is 10.4 Å². The van der Waals surface area contributed by atoms with Crippen LogP contribution in [-0.4, -0.2) is 70.9 Å². The van der Waals surface area contributed by atoms with E-state index >= 15 is 0 Å². The minimum absolute atomic E-state index is 0.287. The lowest BCUT2D eigenvalue weighted by Crippen LogP contribution is -2.52. The van der Waals surface area contributed by atoms with Crippen molar-refractivity contribution in [2.24, 2.45) is 22.4 Å². The normalized spacial score (nSPS) is 27.2. The number of amides is 2. The number of nitrogens with zero attached hydrogens (tertiary/aromatic N) is 2. The average molecular weight is 345 g/mol. The minimum Gasteiger partial charge on any atom is -0.479 e. The SMILES string of the molecule is CON(C)C(=O)C(NC(C)=O)[C@H]1C[C@](O)(C(=O)O)C[C@@H]1N=C(N)N. The van der Waals surface area contributed by atoms with Crippen LogP contribution in [0.4, 0.5) is 0 Å². The molecular formula is C13H23N5O6. The quantitative estimate of drug-likeness (QED) is 0.197. The summed E-state index contributed by atoms with van der Waals surface area (Å²) in [5, 5.41) is 22.8. The molecule has 11 heteroatoms. The lowest BCUT2D eigenvalue weighted by atomic mass is 9.92. The van der Waals surface area contributed by atoms with Gasteiger partial charge in [-0.25, -0.2) is 14.9 Å². The number of carboxylic acid groups (broad SMARTS) is 1. The first kappa shape index (κ1) is 19.6. The van der Waals surface area contributed by atoms with Gasteiger partial charge < -0.3 is 27.0 Å². The van der Waals surface area contributed by atoms with Crippen molar-refractivity contribution in [3.05, 3.63) is 0 Å². The molecule has 0 aromatic rings. The molecule has 0 aromatic carbocycles. The molecule has 1 aliphatic rings. The number of nitrogens with two attached hydrogens (primary N) is 2.